The number of aliphatic carboxylic acids is 2. The van der Waals surface area contributed by atoms with Crippen LogP contribution in [0.1, 0.15) is 6.92 Å². The molecule has 12 heavy (non-hydrogen) atoms. The van der Waals surface area contributed by atoms with Crippen LogP contribution in [-0.4, -0.2) is 28.0 Å². The van der Waals surface area contributed by atoms with E-state index >= 15 is 0 Å². The molecule has 5 N–H and O–H groups in total. The summed E-state index contributed by atoms with van der Waals surface area (Å²) >= 11 is 0. The molecule has 0 bridgehead atoms. The lowest BCUT2D eigenvalue weighted by Gasteiger charge is -1.74. The van der Waals surface area contributed by atoms with E-state index in [0.29, 0.717) is 12.2 Å². The molecular formula is C6H10N2O4. The largest absolute Gasteiger partial charge is 0.478 e. The zero-order chi connectivity index (χ0) is 10.1. The predicted molar refractivity (Wildman–Crippen MR) is 42.0 cm³/mol. The van der Waals surface area contributed by atoms with Crippen molar-refractivity contribution in [3.63, 3.8) is 0 Å². The van der Waals surface area contributed by atoms with Gasteiger partial charge in [0.1, 0.15) is 0 Å². The maximum atomic E-state index is 9.55. The van der Waals surface area contributed by atoms with Crippen LogP contribution in [0, 0.1) is 5.41 Å². The number of carboxylic acids is 2. The third kappa shape index (κ3) is 42.0. The topological polar surface area (TPSA) is 124 Å². The lowest BCUT2D eigenvalue weighted by molar-refractivity contribution is -0.134. The molecule has 6 heteroatoms. The van der Waals surface area contributed by atoms with Crippen LogP contribution in [0.5, 0.6) is 0 Å². The molecule has 0 aromatic carbocycles. The van der Waals surface area contributed by atoms with Crippen LogP contribution in [0.25, 0.3) is 0 Å². The molecule has 0 aliphatic rings. The van der Waals surface area contributed by atoms with E-state index in [4.69, 9.17) is 21.4 Å². The average Bonchev–Trinajstić information content (AvgIpc) is 1.82. The molecule has 0 atom stereocenters. The van der Waals surface area contributed by atoms with Crippen LogP contribution in [0.15, 0.2) is 12.2 Å². The summed E-state index contributed by atoms with van der Waals surface area (Å²) in [5.74, 6) is -2.35. The van der Waals surface area contributed by atoms with Crippen molar-refractivity contribution in [2.45, 2.75) is 6.92 Å². The van der Waals surface area contributed by atoms with Gasteiger partial charge in [0.2, 0.25) is 0 Å². The second kappa shape index (κ2) is 7.26. The molecule has 0 heterocycles. The monoisotopic (exact) mass is 174 g/mol. The highest BCUT2D eigenvalue weighted by atomic mass is 16.4. The maximum Gasteiger partial charge on any atom is 0.328 e. The molecule has 6 nitrogen and oxygen atoms in total. The van der Waals surface area contributed by atoms with E-state index in [9.17, 15) is 9.59 Å². The predicted octanol–water partition coefficient (Wildman–Crippen LogP) is -0.346. The first kappa shape index (κ1) is 12.8. The summed E-state index contributed by atoms with van der Waals surface area (Å²) in [4.78, 5) is 19.1. The number of hydrogen-bond donors (Lipinski definition) is 4. The van der Waals surface area contributed by atoms with Crippen LogP contribution in [0.3, 0.4) is 0 Å². The number of hydrogen-bond acceptors (Lipinski definition) is 3. The maximum absolute atomic E-state index is 9.55. The van der Waals surface area contributed by atoms with Gasteiger partial charge in [-0.15, -0.1) is 0 Å². The van der Waals surface area contributed by atoms with Crippen LogP contribution in [0.4, 0.5) is 0 Å². The fourth-order valence-corrected chi connectivity index (χ4v) is 0.143. The summed E-state index contributed by atoms with van der Waals surface area (Å²) in [5.41, 5.74) is 4.69. The van der Waals surface area contributed by atoms with Crippen molar-refractivity contribution < 1.29 is 19.8 Å². The average molecular weight is 174 g/mol. The molecule has 0 aromatic rings. The molecule has 0 saturated heterocycles. The highest BCUT2D eigenvalue weighted by Gasteiger charge is 1.88. The normalized spacial score (nSPS) is 8.42. The Morgan fingerprint density at radius 2 is 1.42 bits per heavy atom. The van der Waals surface area contributed by atoms with Gasteiger partial charge in [-0.25, -0.2) is 9.59 Å². The van der Waals surface area contributed by atoms with E-state index in [1.807, 2.05) is 0 Å². The summed E-state index contributed by atoms with van der Waals surface area (Å²) in [6.07, 6.45) is 1.12. The standard InChI is InChI=1S/C4H4O4.C2H6N2/c5-3(6)1-2-4(7)8;1-2(3)4/h1-2H,(H,5,6)(H,7,8);1H3,(H3,3,4)/b2-1-;. The summed E-state index contributed by atoms with van der Waals surface area (Å²) in [6.45, 7) is 1.53. The van der Waals surface area contributed by atoms with Crippen LogP contribution >= 0.6 is 0 Å². The lowest BCUT2D eigenvalue weighted by Crippen LogP contribution is -2.00. The second-order valence-corrected chi connectivity index (χ2v) is 1.69. The van der Waals surface area contributed by atoms with Gasteiger partial charge < -0.3 is 15.9 Å². The molecule has 0 aliphatic heterocycles. The summed E-state index contributed by atoms with van der Waals surface area (Å²) in [7, 11) is 0. The second-order valence-electron chi connectivity index (χ2n) is 1.69. The van der Waals surface area contributed by atoms with Gasteiger partial charge in [0.25, 0.3) is 0 Å². The third-order valence-electron chi connectivity index (χ3n) is 0.368. The molecule has 0 aromatic heterocycles. The Morgan fingerprint density at radius 3 is 1.50 bits per heavy atom. The van der Waals surface area contributed by atoms with E-state index < -0.39 is 11.9 Å². The molecule has 0 rings (SSSR count). The Bertz CT molecular complexity index is 190. The molecule has 0 spiro atoms. The first-order chi connectivity index (χ1) is 5.36. The lowest BCUT2D eigenvalue weighted by atomic mass is 10.5. The third-order valence-corrected chi connectivity index (χ3v) is 0.368. The summed E-state index contributed by atoms with van der Waals surface area (Å²) in [5, 5.41) is 21.9. The van der Waals surface area contributed by atoms with Gasteiger partial charge >= 0.3 is 11.9 Å². The minimum Gasteiger partial charge on any atom is -0.478 e. The van der Waals surface area contributed by atoms with Gasteiger partial charge in [-0.3, -0.25) is 5.41 Å². The zero-order valence-electron chi connectivity index (χ0n) is 6.44. The fourth-order valence-electron chi connectivity index (χ4n) is 0.143. The quantitative estimate of drug-likeness (QED) is 0.259. The SMILES string of the molecule is CC(=N)N.O=C(O)/C=C\C(=O)O. The minimum atomic E-state index is -1.26. The van der Waals surface area contributed by atoms with Crippen molar-refractivity contribution in [2.75, 3.05) is 0 Å². The minimum absolute atomic E-state index is 0.167. The Labute approximate surface area is 68.8 Å². The van der Waals surface area contributed by atoms with Crippen molar-refractivity contribution >= 4 is 17.8 Å². The molecule has 0 radical (unpaired) electrons. The number of nitrogens with two attached hydrogens (primary N) is 1. The highest BCUT2D eigenvalue weighted by molar-refractivity contribution is 5.89. The van der Waals surface area contributed by atoms with E-state index in [1.165, 1.54) is 6.92 Å². The molecular weight excluding hydrogens is 164 g/mol. The first-order valence-electron chi connectivity index (χ1n) is 2.80. The van der Waals surface area contributed by atoms with Gasteiger partial charge in [-0.05, 0) is 6.92 Å². The Balaban J connectivity index is 0. The van der Waals surface area contributed by atoms with Gasteiger partial charge in [0.05, 0.1) is 5.84 Å². The first-order valence-corrected chi connectivity index (χ1v) is 2.80. The Hall–Kier alpha value is -1.85. The van der Waals surface area contributed by atoms with Crippen LogP contribution < -0.4 is 5.73 Å². The fraction of sp³-hybridized carbons (Fsp3) is 0.167. The van der Waals surface area contributed by atoms with Gasteiger partial charge in [-0.1, -0.05) is 0 Å². The van der Waals surface area contributed by atoms with Crippen molar-refractivity contribution in [3.8, 4) is 0 Å². The molecule has 68 valence electrons. The summed E-state index contributed by atoms with van der Waals surface area (Å²) in [6, 6.07) is 0. The Morgan fingerprint density at radius 1 is 1.25 bits per heavy atom. The van der Waals surface area contributed by atoms with Crippen LogP contribution in [0.2, 0.25) is 0 Å². The van der Waals surface area contributed by atoms with Crippen molar-refractivity contribution in [1.82, 2.24) is 0 Å². The highest BCUT2D eigenvalue weighted by Crippen LogP contribution is 1.70. The number of carbonyl (C=O) groups is 2. The van der Waals surface area contributed by atoms with E-state index in [2.05, 4.69) is 0 Å². The number of nitrogens with one attached hydrogen (secondary N) is 1. The number of carboxylic acid groups (broad SMARTS) is 2. The van der Waals surface area contributed by atoms with Crippen molar-refractivity contribution in [2.24, 2.45) is 5.73 Å². The summed E-state index contributed by atoms with van der Waals surface area (Å²) < 4.78 is 0. The van der Waals surface area contributed by atoms with E-state index in [1.54, 1.807) is 0 Å². The zero-order valence-corrected chi connectivity index (χ0v) is 6.44. The van der Waals surface area contributed by atoms with Crippen molar-refractivity contribution in [1.29, 1.82) is 5.41 Å². The number of amidine groups is 1. The van der Waals surface area contributed by atoms with E-state index in [0.717, 1.165) is 0 Å². The van der Waals surface area contributed by atoms with Crippen LogP contribution in [-0.2, 0) is 9.59 Å². The molecule has 0 saturated carbocycles. The number of rotatable bonds is 2. The van der Waals surface area contributed by atoms with E-state index in [-0.39, 0.29) is 5.84 Å². The van der Waals surface area contributed by atoms with Gasteiger partial charge in [0.15, 0.2) is 0 Å². The molecule has 0 fully saturated rings. The molecule has 0 amide bonds. The molecule has 0 aliphatic carbocycles. The van der Waals surface area contributed by atoms with Gasteiger partial charge in [0, 0.05) is 12.2 Å². The van der Waals surface area contributed by atoms with Crippen molar-refractivity contribution in [3.05, 3.63) is 12.2 Å². The smallest absolute Gasteiger partial charge is 0.328 e. The van der Waals surface area contributed by atoms with Gasteiger partial charge in [-0.2, -0.15) is 0 Å². The molecule has 0 unspecified atom stereocenters. The Kier molecular flexibility index (Phi) is 7.74.